The Balaban J connectivity index is 1.58. The summed E-state index contributed by atoms with van der Waals surface area (Å²) in [6, 6.07) is 14.3. The Labute approximate surface area is 189 Å². The van der Waals surface area contributed by atoms with Crippen molar-refractivity contribution in [2.75, 3.05) is 0 Å². The van der Waals surface area contributed by atoms with Crippen LogP contribution in [-0.4, -0.2) is 4.98 Å². The molecule has 156 valence electrons. The van der Waals surface area contributed by atoms with Crippen LogP contribution in [0, 0.1) is 5.41 Å². The van der Waals surface area contributed by atoms with Crippen LogP contribution in [0.4, 0.5) is 0 Å². The number of thiophene rings is 1. The third-order valence-electron chi connectivity index (χ3n) is 6.14. The first-order valence-corrected chi connectivity index (χ1v) is 11.9. The SMILES string of the molecule is [2H]C([2H])(c1ccnc(-c2cccc3c2oc2c3ccc3c4c(sc32)CCCC4)c1)C(C)(C)C. The second kappa shape index (κ2) is 6.93. The number of hydrogen-bond donors (Lipinski definition) is 0. The molecule has 0 unspecified atom stereocenters. The Kier molecular flexibility index (Phi) is 3.79. The number of aryl methyl sites for hydroxylation is 2. The van der Waals surface area contributed by atoms with E-state index in [1.54, 1.807) is 12.3 Å². The standard InChI is InChI=1S/C28H27NOS/c1-28(2,3)16-17-13-14-29-23(15-17)22-9-6-8-19-20-11-12-21-18-7-4-5-10-24(18)31-27(21)26(20)30-25(19)22/h6,8-9,11-15H,4-5,7,10,16H2,1-3H3/i16D2. The van der Waals surface area contributed by atoms with Gasteiger partial charge in [-0.2, -0.15) is 0 Å². The predicted octanol–water partition coefficient (Wildman–Crippen LogP) is 8.33. The molecule has 2 aromatic carbocycles. The molecule has 0 atom stereocenters. The molecule has 0 N–H and O–H groups in total. The van der Waals surface area contributed by atoms with Gasteiger partial charge < -0.3 is 4.42 Å². The van der Waals surface area contributed by atoms with E-state index in [9.17, 15) is 0 Å². The maximum absolute atomic E-state index is 8.70. The quantitative estimate of drug-likeness (QED) is 0.283. The van der Waals surface area contributed by atoms with Gasteiger partial charge in [-0.1, -0.05) is 39.0 Å². The maximum Gasteiger partial charge on any atom is 0.153 e. The third-order valence-corrected chi connectivity index (χ3v) is 7.45. The van der Waals surface area contributed by atoms with E-state index in [0.29, 0.717) is 5.56 Å². The first-order chi connectivity index (χ1) is 15.8. The number of aromatic nitrogens is 1. The number of furan rings is 1. The molecule has 3 aromatic heterocycles. The number of rotatable bonds is 2. The van der Waals surface area contributed by atoms with Crippen molar-refractivity contribution in [3.8, 4) is 11.3 Å². The fourth-order valence-corrected chi connectivity index (χ4v) is 6.24. The first-order valence-electron chi connectivity index (χ1n) is 12.1. The zero-order chi connectivity index (χ0) is 23.0. The maximum atomic E-state index is 8.70. The van der Waals surface area contributed by atoms with Crippen molar-refractivity contribution in [1.82, 2.24) is 4.98 Å². The molecule has 5 aromatic rings. The summed E-state index contributed by atoms with van der Waals surface area (Å²) < 4.78 is 25.3. The second-order valence-corrected chi connectivity index (χ2v) is 10.7. The fourth-order valence-electron chi connectivity index (χ4n) is 4.86. The summed E-state index contributed by atoms with van der Waals surface area (Å²) in [5.41, 5.74) is 5.07. The van der Waals surface area contributed by atoms with E-state index >= 15 is 0 Å². The highest BCUT2D eigenvalue weighted by Gasteiger charge is 2.21. The van der Waals surface area contributed by atoms with E-state index in [4.69, 9.17) is 7.16 Å². The zero-order valence-electron chi connectivity index (χ0n) is 20.2. The summed E-state index contributed by atoms with van der Waals surface area (Å²) in [6.45, 7) is 5.79. The molecule has 2 nitrogen and oxygen atoms in total. The van der Waals surface area contributed by atoms with Crippen molar-refractivity contribution >= 4 is 43.4 Å². The van der Waals surface area contributed by atoms with E-state index in [-0.39, 0.29) is 0 Å². The molecule has 3 heterocycles. The van der Waals surface area contributed by atoms with Gasteiger partial charge in [-0.15, -0.1) is 11.3 Å². The lowest BCUT2D eigenvalue weighted by Gasteiger charge is -2.18. The Bertz CT molecular complexity index is 1540. The zero-order valence-corrected chi connectivity index (χ0v) is 19.0. The summed E-state index contributed by atoms with van der Waals surface area (Å²) >= 11 is 1.90. The van der Waals surface area contributed by atoms with Crippen LogP contribution in [0.1, 0.15) is 52.4 Å². The number of hydrogen-bond acceptors (Lipinski definition) is 3. The third kappa shape index (κ3) is 3.18. The predicted molar refractivity (Wildman–Crippen MR) is 132 cm³/mol. The highest BCUT2D eigenvalue weighted by atomic mass is 32.1. The van der Waals surface area contributed by atoms with Crippen LogP contribution < -0.4 is 0 Å². The van der Waals surface area contributed by atoms with E-state index in [0.717, 1.165) is 33.2 Å². The van der Waals surface area contributed by atoms with Crippen LogP contribution in [0.3, 0.4) is 0 Å². The molecule has 0 radical (unpaired) electrons. The van der Waals surface area contributed by atoms with Gasteiger partial charge in [0.2, 0.25) is 0 Å². The van der Waals surface area contributed by atoms with Crippen molar-refractivity contribution < 1.29 is 7.16 Å². The van der Waals surface area contributed by atoms with Gasteiger partial charge in [0.15, 0.2) is 5.58 Å². The fraction of sp³-hybridized carbons (Fsp3) is 0.321. The Morgan fingerprint density at radius 3 is 2.68 bits per heavy atom. The van der Waals surface area contributed by atoms with Crippen molar-refractivity contribution in [3.63, 3.8) is 0 Å². The normalized spacial score (nSPS) is 16.0. The number of fused-ring (bicyclic) bond motifs is 7. The van der Waals surface area contributed by atoms with Gasteiger partial charge in [0.25, 0.3) is 0 Å². The van der Waals surface area contributed by atoms with Crippen LogP contribution in [0.15, 0.2) is 53.1 Å². The average Bonchev–Trinajstić information content (AvgIpc) is 3.36. The molecule has 6 rings (SSSR count). The van der Waals surface area contributed by atoms with Crippen LogP contribution >= 0.6 is 11.3 Å². The molecule has 0 amide bonds. The molecule has 1 aliphatic carbocycles. The molecule has 0 spiro atoms. The highest BCUT2D eigenvalue weighted by molar-refractivity contribution is 7.20. The lowest BCUT2D eigenvalue weighted by atomic mass is 9.88. The van der Waals surface area contributed by atoms with Gasteiger partial charge in [0.1, 0.15) is 5.58 Å². The van der Waals surface area contributed by atoms with E-state index in [2.05, 4.69) is 23.2 Å². The first kappa shape index (κ1) is 17.0. The minimum atomic E-state index is -1.48. The minimum Gasteiger partial charge on any atom is -0.454 e. The van der Waals surface area contributed by atoms with Crippen molar-refractivity contribution in [2.24, 2.45) is 5.41 Å². The number of pyridine rings is 1. The topological polar surface area (TPSA) is 26.0 Å². The molecule has 31 heavy (non-hydrogen) atoms. The summed E-state index contributed by atoms with van der Waals surface area (Å²) in [6.07, 6.45) is 5.12. The van der Waals surface area contributed by atoms with Gasteiger partial charge >= 0.3 is 0 Å². The van der Waals surface area contributed by atoms with Gasteiger partial charge in [0, 0.05) is 30.2 Å². The molecule has 0 bridgehead atoms. The largest absolute Gasteiger partial charge is 0.454 e. The lowest BCUT2D eigenvalue weighted by Crippen LogP contribution is -2.09. The van der Waals surface area contributed by atoms with Crippen molar-refractivity contribution in [1.29, 1.82) is 0 Å². The second-order valence-electron chi connectivity index (χ2n) is 9.62. The lowest BCUT2D eigenvalue weighted by molar-refractivity contribution is 0.411. The van der Waals surface area contributed by atoms with E-state index in [1.807, 2.05) is 50.3 Å². The Morgan fingerprint density at radius 1 is 1.00 bits per heavy atom. The number of para-hydroxylation sites is 1. The summed E-state index contributed by atoms with van der Waals surface area (Å²) in [4.78, 5) is 6.13. The monoisotopic (exact) mass is 427 g/mol. The van der Waals surface area contributed by atoms with Gasteiger partial charge in [-0.25, -0.2) is 0 Å². The van der Waals surface area contributed by atoms with Crippen molar-refractivity contribution in [3.05, 3.63) is 64.7 Å². The van der Waals surface area contributed by atoms with Gasteiger partial charge in [-0.05, 0) is 78.2 Å². The van der Waals surface area contributed by atoms with E-state index < -0.39 is 11.8 Å². The average molecular weight is 428 g/mol. The van der Waals surface area contributed by atoms with E-state index in [1.165, 1.54) is 46.2 Å². The highest BCUT2D eigenvalue weighted by Crippen LogP contribution is 2.44. The smallest absolute Gasteiger partial charge is 0.153 e. The molecular weight excluding hydrogens is 398 g/mol. The molecule has 1 aliphatic rings. The Morgan fingerprint density at radius 2 is 1.81 bits per heavy atom. The summed E-state index contributed by atoms with van der Waals surface area (Å²) in [5, 5.41) is 3.57. The van der Waals surface area contributed by atoms with Crippen LogP contribution in [0.5, 0.6) is 0 Å². The van der Waals surface area contributed by atoms with Gasteiger partial charge in [-0.3, -0.25) is 4.98 Å². The van der Waals surface area contributed by atoms with Crippen molar-refractivity contribution in [2.45, 2.75) is 52.8 Å². The molecule has 0 fully saturated rings. The van der Waals surface area contributed by atoms with Crippen LogP contribution in [0.2, 0.25) is 0 Å². The molecule has 3 heteroatoms. The molecule has 0 saturated carbocycles. The van der Waals surface area contributed by atoms with Gasteiger partial charge in [0.05, 0.1) is 10.4 Å². The number of nitrogens with zero attached hydrogens (tertiary/aromatic N) is 1. The number of benzene rings is 2. The summed E-state index contributed by atoms with van der Waals surface area (Å²) in [7, 11) is 0. The Hall–Kier alpha value is -2.65. The molecule has 0 saturated heterocycles. The van der Waals surface area contributed by atoms with Crippen LogP contribution in [0.25, 0.3) is 43.3 Å². The van der Waals surface area contributed by atoms with Crippen LogP contribution in [-0.2, 0) is 19.2 Å². The minimum absolute atomic E-state index is 0.527. The molecular formula is C28H27NOS. The molecule has 0 aliphatic heterocycles. The summed E-state index contributed by atoms with van der Waals surface area (Å²) in [5.74, 6) is 0.